The topological polar surface area (TPSA) is 455 Å². The Balaban J connectivity index is 0.000000149. The number of aromatic amines is 1. The van der Waals surface area contributed by atoms with E-state index in [1.165, 1.54) is 49.9 Å². The summed E-state index contributed by atoms with van der Waals surface area (Å²) in [6.45, 7) is 42.7. The standard InChI is InChI=1S/C19H29F2N5O4SSi.C18H29N5O5SSi.C18H29N5O4SSi.C17H27N5O4SSi.C4H8O.C2H6/c1-10(2)32(11(3)4)28-9-27-6-13-12(30-32)5-15(29-13)26-18-16(17(22)23-8-24-18)19(25-26)31-7-14(20)21;1-10(2)30(11(3)4)26-9-25-7-13-12(28-30)6-14(27-13)23-17-15(16(19)20-8-21-17)18(22-23)29(5)24;1-10(2)29(11(3)4)25-9-24-7-13-12(27-29)6-14(26-13)23-17-15(18(22-23)28-5)16(19)20-8-21-17;1-9(2)28(10(3)4)24-8-23-6-12-11(26-28)5-13(25-12)22-16-14(17(27)21-22)15(18)19-7-20-16;1-2-4-5-3-1;1-2/h8,10-15H,5-7,9H2,1-4H3,(H2,22,23,24);8,10-14H,6-7,9H2,1-5H3,(H2,19,20,21);8,10-14H,6-7,9H2,1-5H3,(H2,19,20,21);7,9-13H,5-6,8H2,1-4H3,(H,21,27)(H2,18,19,20);1-4H2;1-2H3/t12-,13-,15+;12-,13-,14+,29?;12-,13-,14+;11-,12-,13+;;/m0000../s1. The molecule has 0 aliphatic carbocycles. The average Bonchev–Trinajstić information content (AvgIpc) is 1.61. The number of thioether (sulfide) groups is 2. The van der Waals surface area contributed by atoms with Gasteiger partial charge in [0.2, 0.25) is 6.43 Å². The molecule has 9 aliphatic heterocycles. The summed E-state index contributed by atoms with van der Waals surface area (Å²) >= 11 is 7.85. The fourth-order valence-corrected chi connectivity index (χ4v) is 34.4. The summed E-state index contributed by atoms with van der Waals surface area (Å²) in [7, 11) is -11.4. The Kier molecular flexibility index (Phi) is 34.3. The molecule has 9 N–H and O–H groups in total. The van der Waals surface area contributed by atoms with E-state index < -0.39 is 69.7 Å². The van der Waals surface area contributed by atoms with Crippen molar-refractivity contribution in [3.8, 4) is 0 Å². The Bertz CT molecular complexity index is 4950. The number of H-pyrrole nitrogens is 1. The lowest BCUT2D eigenvalue weighted by molar-refractivity contribution is -0.116. The molecule has 1 unspecified atom stereocenters. The van der Waals surface area contributed by atoms with Crippen LogP contribution in [0, 0.1) is 4.64 Å². The maximum Gasteiger partial charge on any atom is 0.345 e. The van der Waals surface area contributed by atoms with E-state index in [0.29, 0.717) is 139 Å². The second-order valence-electron chi connectivity index (χ2n) is 34.3. The second kappa shape index (κ2) is 43.5. The fraction of sp³-hybridized carbons (Fsp3) is 0.744. The van der Waals surface area contributed by atoms with Gasteiger partial charge < -0.3 is 101 Å². The van der Waals surface area contributed by atoms with Gasteiger partial charge >= 0.3 is 34.2 Å². The van der Waals surface area contributed by atoms with Crippen LogP contribution in [0.2, 0.25) is 44.3 Å². The monoisotopic (exact) mass is 1910 g/mol. The van der Waals surface area contributed by atoms with Crippen molar-refractivity contribution in [1.29, 1.82) is 0 Å². The number of rotatable bonds is 17. The molecule has 17 rings (SSSR count). The van der Waals surface area contributed by atoms with Crippen LogP contribution in [0.25, 0.3) is 44.1 Å². The molecule has 17 heterocycles. The molecule has 38 nitrogen and oxygen atoms in total. The Labute approximate surface area is 754 Å². The lowest BCUT2D eigenvalue weighted by Crippen LogP contribution is -2.54. The number of ether oxygens (including phenoxy) is 9. The Morgan fingerprint density at radius 1 is 0.444 bits per heavy atom. The first-order valence-corrected chi connectivity index (χ1v) is 55.5. The van der Waals surface area contributed by atoms with Crippen LogP contribution in [0.5, 0.6) is 0 Å². The van der Waals surface area contributed by atoms with Gasteiger partial charge in [-0.25, -0.2) is 67.4 Å². The smallest absolute Gasteiger partial charge is 0.345 e. The minimum Gasteiger partial charge on any atom is -0.388 e. The number of anilines is 4. The lowest BCUT2D eigenvalue weighted by Gasteiger charge is -2.41. The van der Waals surface area contributed by atoms with Crippen LogP contribution in [0.1, 0.15) is 188 Å². The molecule has 13 atom stereocenters. The van der Waals surface area contributed by atoms with Crippen molar-refractivity contribution in [2.24, 2.45) is 0 Å². The third kappa shape index (κ3) is 21.1. The van der Waals surface area contributed by atoms with Gasteiger partial charge in [-0.3, -0.25) is 9.31 Å². The number of nitrogens with zero attached hydrogens (tertiary/aromatic N) is 15. The summed E-state index contributed by atoms with van der Waals surface area (Å²) < 4.78 is 150. The zero-order valence-electron chi connectivity index (χ0n) is 75.7. The van der Waals surface area contributed by atoms with Crippen molar-refractivity contribution >= 4 is 148 Å². The molecule has 702 valence electrons. The zero-order chi connectivity index (χ0) is 91.0. The molecule has 9 saturated heterocycles. The highest BCUT2D eigenvalue weighted by Crippen LogP contribution is 2.49. The molecular formula is C78H128F2N20O18S4Si4. The first-order valence-electron chi connectivity index (χ1n) is 43.4. The van der Waals surface area contributed by atoms with E-state index in [-0.39, 0.29) is 122 Å². The molecule has 0 bridgehead atoms. The molecule has 0 aromatic carbocycles. The van der Waals surface area contributed by atoms with Gasteiger partial charge in [0.15, 0.2) is 52.5 Å². The number of alkyl halides is 2. The highest BCUT2D eigenvalue weighted by atomic mass is 32.2. The second-order valence-corrected chi connectivity index (χ2v) is 54.9. The van der Waals surface area contributed by atoms with Crippen LogP contribution >= 0.6 is 35.7 Å². The normalized spacial score (nSPS) is 26.8. The number of fused-ring (bicyclic) bond motifs is 8. The van der Waals surface area contributed by atoms with Gasteiger partial charge in [0.05, 0.1) is 88.9 Å². The van der Waals surface area contributed by atoms with Gasteiger partial charge in [0.25, 0.3) is 0 Å². The minimum absolute atomic E-state index is 0.118. The summed E-state index contributed by atoms with van der Waals surface area (Å²) in [5.41, 5.74) is 28.5. The van der Waals surface area contributed by atoms with Crippen molar-refractivity contribution in [2.45, 2.75) is 303 Å². The highest BCUT2D eigenvalue weighted by Gasteiger charge is 2.57. The summed E-state index contributed by atoms with van der Waals surface area (Å²) in [4.78, 5) is 33.6. The van der Waals surface area contributed by atoms with Crippen molar-refractivity contribution in [3.63, 3.8) is 0 Å². The molecule has 126 heavy (non-hydrogen) atoms. The summed E-state index contributed by atoms with van der Waals surface area (Å²) in [5.74, 6) is 0.824. The van der Waals surface area contributed by atoms with Gasteiger partial charge in [-0.15, -0.1) is 11.8 Å². The quantitative estimate of drug-likeness (QED) is 0.0321. The lowest BCUT2D eigenvalue weighted by atomic mass is 10.2. The molecule has 0 radical (unpaired) electrons. The van der Waals surface area contributed by atoms with Crippen LogP contribution in [0.4, 0.5) is 32.1 Å². The van der Waals surface area contributed by atoms with Crippen molar-refractivity contribution < 1.29 is 91.0 Å². The summed E-state index contributed by atoms with van der Waals surface area (Å²) in [6.07, 6.45) is 8.39. The van der Waals surface area contributed by atoms with E-state index in [9.17, 15) is 13.0 Å². The molecule has 48 heteroatoms. The number of nitrogens with two attached hydrogens (primary N) is 4. The Morgan fingerprint density at radius 3 is 1.09 bits per heavy atom. The largest absolute Gasteiger partial charge is 0.388 e. The molecule has 0 amide bonds. The van der Waals surface area contributed by atoms with Crippen LogP contribution < -0.4 is 22.9 Å². The SMILES string of the molecule is C1CCOC1.CC.CC(C)[Si]1(C(C)C)OCOC[C@@H]2O[C@@H](n3[nH]c(=S)c4c(N)ncnc43)C[C@@H]2O1.CC(C)[Si]1(C(C)C)OCOC[C@@H]2O[C@@H](n3nc(S(C)=O)c4c(N)ncnc43)C[C@@H]2O1.CC(C)[Si]1(C(C)C)OCOC[C@@H]2O[C@@H](n3nc(SCC(F)F)c4c(N)ncnc43)C[C@@H]2O1.CSc1nn([C@H]2C[C@@H]3O[Si](C(C)C)(C(C)C)OCOC[C@@H]3O2)c2ncnc(N)c12. The van der Waals surface area contributed by atoms with Gasteiger partial charge in [-0.2, -0.15) is 15.3 Å². The average molecular weight is 1910 g/mol. The van der Waals surface area contributed by atoms with Gasteiger partial charge in [0.1, 0.15) is 115 Å². The maximum absolute atomic E-state index is 12.8. The van der Waals surface area contributed by atoms with Crippen molar-refractivity contribution in [1.82, 2.24) is 79.0 Å². The van der Waals surface area contributed by atoms with E-state index in [1.807, 2.05) is 29.5 Å². The Hall–Kier alpha value is -5.48. The molecule has 9 fully saturated rings. The predicted octanol–water partition coefficient (Wildman–Crippen LogP) is 13.7. The third-order valence-corrected chi connectivity index (χ3v) is 44.5. The Morgan fingerprint density at radius 2 is 0.754 bits per heavy atom. The molecule has 8 aromatic heterocycles. The number of aromatic nitrogens is 16. The van der Waals surface area contributed by atoms with Gasteiger partial charge in [0, 0.05) is 45.2 Å². The third-order valence-electron chi connectivity index (χ3n) is 23.8. The number of hydrogen-bond donors (Lipinski definition) is 5. The maximum atomic E-state index is 12.8. The highest BCUT2D eigenvalue weighted by molar-refractivity contribution is 7.99. The fourth-order valence-electron chi connectivity index (χ4n) is 17.7. The van der Waals surface area contributed by atoms with Crippen molar-refractivity contribution in [3.05, 3.63) is 29.9 Å². The van der Waals surface area contributed by atoms with E-state index in [2.05, 4.69) is 166 Å². The van der Waals surface area contributed by atoms with Crippen LogP contribution in [-0.4, -0.2) is 258 Å². The van der Waals surface area contributed by atoms with Gasteiger partial charge in [-0.05, 0) is 63.4 Å². The first kappa shape index (κ1) is 99.5. The van der Waals surface area contributed by atoms with Gasteiger partial charge in [-0.1, -0.05) is 149 Å². The number of halogens is 2. The number of nitrogens with one attached hydrogen (secondary N) is 1. The molecule has 9 aliphatic rings. The molecular weight excluding hydrogens is 1780 g/mol. The zero-order valence-corrected chi connectivity index (χ0v) is 83.0. The van der Waals surface area contributed by atoms with E-state index in [1.54, 1.807) is 15.6 Å². The molecule has 0 saturated carbocycles. The summed E-state index contributed by atoms with van der Waals surface area (Å²) in [5, 5.41) is 20.8. The first-order chi connectivity index (χ1) is 60.2. The van der Waals surface area contributed by atoms with Crippen molar-refractivity contribution in [2.75, 3.05) is 108 Å². The van der Waals surface area contributed by atoms with Crippen LogP contribution in [-0.2, 0) is 88.8 Å². The molecule has 8 aromatic rings. The summed E-state index contributed by atoms with van der Waals surface area (Å²) in [6, 6.07) is 0. The van der Waals surface area contributed by atoms with Crippen LogP contribution in [0.15, 0.2) is 40.4 Å². The predicted molar refractivity (Wildman–Crippen MR) is 484 cm³/mol. The van der Waals surface area contributed by atoms with E-state index >= 15 is 0 Å². The number of hydrogen-bond acceptors (Lipinski definition) is 36. The van der Waals surface area contributed by atoms with Crippen LogP contribution in [0.3, 0.4) is 0 Å². The van der Waals surface area contributed by atoms with E-state index in [0.717, 1.165) is 35.4 Å². The minimum atomic E-state index is -2.59. The number of nitrogen functional groups attached to an aromatic ring is 4. The van der Waals surface area contributed by atoms with E-state index in [4.69, 9.17) is 118 Å². The molecule has 0 spiro atoms.